The van der Waals surface area contributed by atoms with Crippen molar-refractivity contribution >= 4 is 0 Å². The zero-order valence-corrected chi connectivity index (χ0v) is 14.4. The molecular formula is C19H20N5+. The number of nitriles is 1. The highest BCUT2D eigenvalue weighted by molar-refractivity contribution is 5.69. The lowest BCUT2D eigenvalue weighted by Crippen LogP contribution is -2.35. The van der Waals surface area contributed by atoms with Crippen molar-refractivity contribution in [3.05, 3.63) is 59.8 Å². The zero-order valence-electron chi connectivity index (χ0n) is 14.4. The van der Waals surface area contributed by atoms with E-state index in [-0.39, 0.29) is 0 Å². The van der Waals surface area contributed by atoms with Gasteiger partial charge in [-0.15, -0.1) is 0 Å². The molecule has 5 heteroatoms. The Morgan fingerprint density at radius 3 is 2.67 bits per heavy atom. The molecule has 0 bridgehead atoms. The van der Waals surface area contributed by atoms with Gasteiger partial charge in [-0.25, -0.2) is 4.57 Å². The van der Waals surface area contributed by atoms with Crippen LogP contribution in [0.1, 0.15) is 36.8 Å². The number of rotatable bonds is 3. The van der Waals surface area contributed by atoms with E-state index in [4.69, 9.17) is 0 Å². The Bertz CT molecular complexity index is 931. The first kappa shape index (κ1) is 15.9. The van der Waals surface area contributed by atoms with Gasteiger partial charge in [0.1, 0.15) is 18.1 Å². The van der Waals surface area contributed by atoms with Gasteiger partial charge in [0.2, 0.25) is 0 Å². The molecule has 0 N–H and O–H groups in total. The molecule has 5 nitrogen and oxygen atoms in total. The van der Waals surface area contributed by atoms with Gasteiger partial charge >= 0.3 is 0 Å². The second-order valence-electron chi connectivity index (χ2n) is 6.09. The first-order chi connectivity index (χ1) is 11.5. The number of aryl methyl sites for hydroxylation is 1. The molecule has 3 aromatic rings. The van der Waals surface area contributed by atoms with E-state index in [0.717, 1.165) is 28.3 Å². The minimum absolute atomic E-state index is 0.299. The van der Waals surface area contributed by atoms with Gasteiger partial charge in [0.25, 0.3) is 5.82 Å². The summed E-state index contributed by atoms with van der Waals surface area (Å²) in [5.41, 5.74) is 4.49. The molecule has 2 heterocycles. The van der Waals surface area contributed by atoms with Gasteiger partial charge in [-0.05, 0) is 32.9 Å². The monoisotopic (exact) mass is 318 g/mol. The van der Waals surface area contributed by atoms with Crippen molar-refractivity contribution in [2.24, 2.45) is 0 Å². The van der Waals surface area contributed by atoms with Gasteiger partial charge in [-0.2, -0.15) is 10.4 Å². The normalized spacial score (nSPS) is 10.8. The summed E-state index contributed by atoms with van der Waals surface area (Å²) in [6, 6.07) is 10.2. The van der Waals surface area contributed by atoms with Gasteiger partial charge in [0.15, 0.2) is 0 Å². The SMILES string of the molecule is Cc1c(-c2ccn(C(C)C)n2)cc(C#N)cc1-[n+]1cccnc1C. The van der Waals surface area contributed by atoms with Gasteiger partial charge in [-0.3, -0.25) is 4.68 Å². The Kier molecular flexibility index (Phi) is 4.13. The van der Waals surface area contributed by atoms with Crippen molar-refractivity contribution < 1.29 is 4.57 Å². The summed E-state index contributed by atoms with van der Waals surface area (Å²) in [4.78, 5) is 4.34. The molecule has 3 rings (SSSR count). The molecule has 0 amide bonds. The van der Waals surface area contributed by atoms with Crippen LogP contribution in [0.3, 0.4) is 0 Å². The maximum Gasteiger partial charge on any atom is 0.300 e. The number of benzene rings is 1. The van der Waals surface area contributed by atoms with Crippen molar-refractivity contribution in [3.63, 3.8) is 0 Å². The van der Waals surface area contributed by atoms with E-state index in [2.05, 4.69) is 36.9 Å². The van der Waals surface area contributed by atoms with Crippen LogP contribution >= 0.6 is 0 Å². The largest absolute Gasteiger partial charge is 0.300 e. The third-order valence-electron chi connectivity index (χ3n) is 4.11. The minimum Gasteiger partial charge on any atom is -0.270 e. The topological polar surface area (TPSA) is 58.4 Å². The molecule has 0 atom stereocenters. The minimum atomic E-state index is 0.299. The maximum atomic E-state index is 9.43. The summed E-state index contributed by atoms with van der Waals surface area (Å²) in [5, 5.41) is 14.1. The predicted molar refractivity (Wildman–Crippen MR) is 91.6 cm³/mol. The van der Waals surface area contributed by atoms with Crippen molar-refractivity contribution in [3.8, 4) is 23.0 Å². The number of hydrogen-bond acceptors (Lipinski definition) is 3. The standard InChI is InChI=1S/C19H20N5/c1-13(2)24-9-6-18(22-24)17-10-16(12-20)11-19(14(17)3)23-8-5-7-21-15(23)4/h5-11,13H,1-4H3/q+1. The molecule has 120 valence electrons. The maximum absolute atomic E-state index is 9.43. The quantitative estimate of drug-likeness (QED) is 0.696. The van der Waals surface area contributed by atoms with Crippen LogP contribution in [0.2, 0.25) is 0 Å². The van der Waals surface area contributed by atoms with Crippen LogP contribution in [0.15, 0.2) is 42.9 Å². The lowest BCUT2D eigenvalue weighted by molar-refractivity contribution is -0.606. The van der Waals surface area contributed by atoms with E-state index in [1.807, 2.05) is 52.8 Å². The van der Waals surface area contributed by atoms with E-state index in [0.29, 0.717) is 11.6 Å². The average molecular weight is 318 g/mol. The Morgan fingerprint density at radius 1 is 1.25 bits per heavy atom. The van der Waals surface area contributed by atoms with Crippen LogP contribution in [0.25, 0.3) is 16.9 Å². The summed E-state index contributed by atoms with van der Waals surface area (Å²) in [7, 11) is 0. The van der Waals surface area contributed by atoms with E-state index >= 15 is 0 Å². The van der Waals surface area contributed by atoms with E-state index < -0.39 is 0 Å². The molecule has 0 aliphatic carbocycles. The number of nitrogens with zero attached hydrogens (tertiary/aromatic N) is 5. The molecule has 0 saturated carbocycles. The molecule has 0 spiro atoms. The smallest absolute Gasteiger partial charge is 0.270 e. The van der Waals surface area contributed by atoms with E-state index in [1.54, 1.807) is 6.20 Å². The Hall–Kier alpha value is -3.00. The lowest BCUT2D eigenvalue weighted by atomic mass is 10.0. The van der Waals surface area contributed by atoms with Crippen LogP contribution in [-0.2, 0) is 0 Å². The fourth-order valence-electron chi connectivity index (χ4n) is 2.75. The molecule has 24 heavy (non-hydrogen) atoms. The molecule has 2 aromatic heterocycles. The van der Waals surface area contributed by atoms with Crippen molar-refractivity contribution in [1.29, 1.82) is 5.26 Å². The summed E-state index contributed by atoms with van der Waals surface area (Å²) in [6.45, 7) is 8.19. The van der Waals surface area contributed by atoms with Crippen molar-refractivity contribution in [1.82, 2.24) is 14.8 Å². The molecule has 0 fully saturated rings. The van der Waals surface area contributed by atoms with Crippen LogP contribution in [0, 0.1) is 25.2 Å². The third-order valence-corrected chi connectivity index (χ3v) is 4.11. The van der Waals surface area contributed by atoms with E-state index in [9.17, 15) is 5.26 Å². The molecule has 0 radical (unpaired) electrons. The Morgan fingerprint density at radius 2 is 2.04 bits per heavy atom. The molecule has 0 aliphatic rings. The summed E-state index contributed by atoms with van der Waals surface area (Å²) < 4.78 is 3.93. The highest BCUT2D eigenvalue weighted by atomic mass is 15.3. The van der Waals surface area contributed by atoms with Gasteiger partial charge in [0.05, 0.1) is 17.3 Å². The summed E-state index contributed by atoms with van der Waals surface area (Å²) >= 11 is 0. The van der Waals surface area contributed by atoms with Crippen LogP contribution in [0.5, 0.6) is 0 Å². The van der Waals surface area contributed by atoms with Crippen LogP contribution in [-0.4, -0.2) is 14.8 Å². The van der Waals surface area contributed by atoms with Gasteiger partial charge in [0, 0.05) is 42.4 Å². The Labute approximate surface area is 141 Å². The molecule has 0 aliphatic heterocycles. The van der Waals surface area contributed by atoms with Crippen LogP contribution < -0.4 is 4.57 Å². The predicted octanol–water partition coefficient (Wildman–Crippen LogP) is 3.29. The second-order valence-corrected chi connectivity index (χ2v) is 6.09. The van der Waals surface area contributed by atoms with Crippen molar-refractivity contribution in [2.45, 2.75) is 33.7 Å². The van der Waals surface area contributed by atoms with Crippen molar-refractivity contribution in [2.75, 3.05) is 0 Å². The first-order valence-corrected chi connectivity index (χ1v) is 7.95. The highest BCUT2D eigenvalue weighted by Crippen LogP contribution is 2.27. The number of hydrogen-bond donors (Lipinski definition) is 0. The third kappa shape index (κ3) is 2.79. The Balaban J connectivity index is 2.22. The average Bonchev–Trinajstić information content (AvgIpc) is 3.06. The molecule has 0 unspecified atom stereocenters. The van der Waals surface area contributed by atoms with Crippen LogP contribution in [0.4, 0.5) is 0 Å². The van der Waals surface area contributed by atoms with Gasteiger partial charge < -0.3 is 0 Å². The first-order valence-electron chi connectivity index (χ1n) is 7.95. The number of aromatic nitrogens is 4. The van der Waals surface area contributed by atoms with E-state index in [1.165, 1.54) is 0 Å². The second kappa shape index (κ2) is 6.25. The van der Waals surface area contributed by atoms with Gasteiger partial charge in [-0.1, -0.05) is 4.98 Å². The summed E-state index contributed by atoms with van der Waals surface area (Å²) in [5.74, 6) is 0.870. The zero-order chi connectivity index (χ0) is 17.3. The fraction of sp³-hybridized carbons (Fsp3) is 0.263. The molecule has 0 saturated heterocycles. The fourth-order valence-corrected chi connectivity index (χ4v) is 2.75. The lowest BCUT2D eigenvalue weighted by Gasteiger charge is -2.10. The molecule has 1 aromatic carbocycles. The highest BCUT2D eigenvalue weighted by Gasteiger charge is 2.18. The summed E-state index contributed by atoms with van der Waals surface area (Å²) in [6.07, 6.45) is 5.70. The molecular weight excluding hydrogens is 298 g/mol.